The molecule has 0 aliphatic carbocycles. The van der Waals surface area contributed by atoms with Crippen molar-refractivity contribution in [2.24, 2.45) is 0 Å². The van der Waals surface area contributed by atoms with E-state index >= 15 is 0 Å². The smallest absolute Gasteiger partial charge is 0.222 e. The van der Waals surface area contributed by atoms with Crippen LogP contribution in [0.4, 0.5) is 0 Å². The van der Waals surface area contributed by atoms with Crippen LogP contribution in [-0.2, 0) is 4.79 Å². The summed E-state index contributed by atoms with van der Waals surface area (Å²) in [6.07, 6.45) is 1.41. The zero-order valence-electron chi connectivity index (χ0n) is 10.3. The molecule has 94 valence electrons. The van der Waals surface area contributed by atoms with Crippen LogP contribution in [-0.4, -0.2) is 17.9 Å². The van der Waals surface area contributed by atoms with Gasteiger partial charge in [-0.3, -0.25) is 4.79 Å². The molecule has 1 rings (SSSR count). The van der Waals surface area contributed by atoms with Gasteiger partial charge in [0.2, 0.25) is 5.91 Å². The second-order valence-corrected chi connectivity index (χ2v) is 4.94. The second-order valence-electron chi connectivity index (χ2n) is 4.10. The van der Waals surface area contributed by atoms with Crippen LogP contribution in [0.25, 0.3) is 0 Å². The van der Waals surface area contributed by atoms with Crippen molar-refractivity contribution in [2.75, 3.05) is 7.05 Å². The second kappa shape index (κ2) is 6.27. The summed E-state index contributed by atoms with van der Waals surface area (Å²) < 4.78 is 0. The molecule has 17 heavy (non-hydrogen) atoms. The number of halogens is 2. The predicted molar refractivity (Wildman–Crippen MR) is 72.6 cm³/mol. The van der Waals surface area contributed by atoms with E-state index < -0.39 is 0 Å². The Morgan fingerprint density at radius 1 is 1.41 bits per heavy atom. The fraction of sp³-hybridized carbons (Fsp3) is 0.462. The van der Waals surface area contributed by atoms with Crippen LogP contribution in [0.3, 0.4) is 0 Å². The zero-order valence-corrected chi connectivity index (χ0v) is 11.8. The summed E-state index contributed by atoms with van der Waals surface area (Å²) in [6, 6.07) is 5.31. The minimum Gasteiger partial charge on any atom is -0.339 e. The van der Waals surface area contributed by atoms with Gasteiger partial charge in [0.15, 0.2) is 0 Å². The average molecular weight is 274 g/mol. The summed E-state index contributed by atoms with van der Waals surface area (Å²) in [4.78, 5) is 13.5. The number of nitrogens with zero attached hydrogens (tertiary/aromatic N) is 1. The number of carbonyl (C=O) groups excluding carboxylic acids is 1. The quantitative estimate of drug-likeness (QED) is 0.801. The maximum Gasteiger partial charge on any atom is 0.222 e. The van der Waals surface area contributed by atoms with E-state index in [1.54, 1.807) is 24.1 Å². The first kappa shape index (κ1) is 14.3. The van der Waals surface area contributed by atoms with Gasteiger partial charge in [-0.05, 0) is 31.0 Å². The number of hydrogen-bond donors (Lipinski definition) is 0. The summed E-state index contributed by atoms with van der Waals surface area (Å²) in [5.74, 6) is 0.131. The van der Waals surface area contributed by atoms with Gasteiger partial charge < -0.3 is 4.90 Å². The summed E-state index contributed by atoms with van der Waals surface area (Å²) in [7, 11) is 1.80. The molecule has 4 heteroatoms. The van der Waals surface area contributed by atoms with Gasteiger partial charge >= 0.3 is 0 Å². The molecule has 0 fully saturated rings. The fourth-order valence-electron chi connectivity index (χ4n) is 1.66. The molecule has 1 aromatic carbocycles. The number of hydrogen-bond acceptors (Lipinski definition) is 1. The van der Waals surface area contributed by atoms with Gasteiger partial charge in [0, 0.05) is 23.5 Å². The predicted octanol–water partition coefficient (Wildman–Crippen LogP) is 4.31. The van der Waals surface area contributed by atoms with Crippen LogP contribution in [0, 0.1) is 0 Å². The highest BCUT2D eigenvalue weighted by Crippen LogP contribution is 2.29. The first-order chi connectivity index (χ1) is 7.97. The van der Waals surface area contributed by atoms with Crippen LogP contribution in [0.1, 0.15) is 38.3 Å². The van der Waals surface area contributed by atoms with Gasteiger partial charge in [0.25, 0.3) is 0 Å². The lowest BCUT2D eigenvalue weighted by Crippen LogP contribution is -2.29. The summed E-state index contributed by atoms with van der Waals surface area (Å²) in [5.41, 5.74) is 0.919. The Kier molecular flexibility index (Phi) is 5.29. The molecule has 0 spiro atoms. The Balaban J connectivity index is 2.88. The van der Waals surface area contributed by atoms with Crippen molar-refractivity contribution in [1.29, 1.82) is 0 Å². The Morgan fingerprint density at radius 2 is 2.06 bits per heavy atom. The third-order valence-electron chi connectivity index (χ3n) is 2.85. The van der Waals surface area contributed by atoms with Crippen molar-refractivity contribution in [1.82, 2.24) is 4.90 Å². The van der Waals surface area contributed by atoms with Gasteiger partial charge in [0.05, 0.1) is 6.04 Å². The molecule has 0 aromatic heterocycles. The number of amides is 1. The van der Waals surface area contributed by atoms with Crippen molar-refractivity contribution in [3.05, 3.63) is 33.8 Å². The minimum atomic E-state index is -0.0428. The lowest BCUT2D eigenvalue weighted by molar-refractivity contribution is -0.131. The van der Waals surface area contributed by atoms with E-state index in [0.29, 0.717) is 16.5 Å². The Morgan fingerprint density at radius 3 is 2.59 bits per heavy atom. The van der Waals surface area contributed by atoms with E-state index in [9.17, 15) is 4.79 Å². The maximum atomic E-state index is 11.8. The SMILES string of the molecule is CCCC(=O)N(C)C(C)c1ccc(Cl)cc1Cl. The molecule has 0 aliphatic heterocycles. The highest BCUT2D eigenvalue weighted by atomic mass is 35.5. The fourth-order valence-corrected chi connectivity index (χ4v) is 2.22. The van der Waals surface area contributed by atoms with Crippen LogP contribution in [0.5, 0.6) is 0 Å². The molecule has 1 atom stereocenters. The minimum absolute atomic E-state index is 0.0428. The number of benzene rings is 1. The van der Waals surface area contributed by atoms with E-state index in [1.165, 1.54) is 0 Å². The highest BCUT2D eigenvalue weighted by molar-refractivity contribution is 6.35. The Hall–Kier alpha value is -0.730. The molecular formula is C13H17Cl2NO. The van der Waals surface area contributed by atoms with Gasteiger partial charge in [-0.1, -0.05) is 36.2 Å². The van der Waals surface area contributed by atoms with Crippen molar-refractivity contribution < 1.29 is 4.79 Å². The van der Waals surface area contributed by atoms with Crippen molar-refractivity contribution in [2.45, 2.75) is 32.7 Å². The summed E-state index contributed by atoms with van der Waals surface area (Å²) >= 11 is 12.0. The molecule has 0 aliphatic rings. The standard InChI is InChI=1S/C13H17Cl2NO/c1-4-5-13(17)16(3)9(2)11-7-6-10(14)8-12(11)15/h6-9H,4-5H2,1-3H3. The molecule has 0 heterocycles. The zero-order chi connectivity index (χ0) is 13.0. The lowest BCUT2D eigenvalue weighted by Gasteiger charge is -2.26. The molecule has 0 saturated carbocycles. The van der Waals surface area contributed by atoms with E-state index in [1.807, 2.05) is 19.9 Å². The van der Waals surface area contributed by atoms with Gasteiger partial charge in [-0.15, -0.1) is 0 Å². The van der Waals surface area contributed by atoms with E-state index in [4.69, 9.17) is 23.2 Å². The lowest BCUT2D eigenvalue weighted by atomic mass is 10.1. The van der Waals surface area contributed by atoms with Crippen LogP contribution < -0.4 is 0 Å². The summed E-state index contributed by atoms with van der Waals surface area (Å²) in [6.45, 7) is 3.95. The molecule has 1 aromatic rings. The topological polar surface area (TPSA) is 20.3 Å². The van der Waals surface area contributed by atoms with E-state index in [-0.39, 0.29) is 11.9 Å². The first-order valence-corrected chi connectivity index (χ1v) is 6.43. The molecule has 2 nitrogen and oxygen atoms in total. The monoisotopic (exact) mass is 273 g/mol. The molecule has 0 radical (unpaired) electrons. The van der Waals surface area contributed by atoms with Gasteiger partial charge in [-0.2, -0.15) is 0 Å². The molecule has 1 amide bonds. The van der Waals surface area contributed by atoms with Crippen LogP contribution in [0.2, 0.25) is 10.0 Å². The largest absolute Gasteiger partial charge is 0.339 e. The Bertz CT molecular complexity index is 406. The normalized spacial score (nSPS) is 12.3. The summed E-state index contributed by atoms with van der Waals surface area (Å²) in [5, 5.41) is 1.20. The highest BCUT2D eigenvalue weighted by Gasteiger charge is 2.18. The molecule has 0 saturated heterocycles. The van der Waals surface area contributed by atoms with Crippen LogP contribution >= 0.6 is 23.2 Å². The number of rotatable bonds is 4. The third-order valence-corrected chi connectivity index (χ3v) is 3.41. The molecule has 0 N–H and O–H groups in total. The molecule has 1 unspecified atom stereocenters. The maximum absolute atomic E-state index is 11.8. The van der Waals surface area contributed by atoms with Gasteiger partial charge in [0.1, 0.15) is 0 Å². The van der Waals surface area contributed by atoms with E-state index in [0.717, 1.165) is 12.0 Å². The molecule has 0 bridgehead atoms. The number of carbonyl (C=O) groups is 1. The van der Waals surface area contributed by atoms with Gasteiger partial charge in [-0.25, -0.2) is 0 Å². The van der Waals surface area contributed by atoms with E-state index in [2.05, 4.69) is 0 Å². The third kappa shape index (κ3) is 3.62. The van der Waals surface area contributed by atoms with Crippen molar-refractivity contribution in [3.63, 3.8) is 0 Å². The van der Waals surface area contributed by atoms with Crippen LogP contribution in [0.15, 0.2) is 18.2 Å². The first-order valence-electron chi connectivity index (χ1n) is 5.68. The average Bonchev–Trinajstić information content (AvgIpc) is 2.27. The Labute approximate surface area is 113 Å². The van der Waals surface area contributed by atoms with Crippen molar-refractivity contribution in [3.8, 4) is 0 Å². The van der Waals surface area contributed by atoms with Crippen molar-refractivity contribution >= 4 is 29.1 Å². The molecular weight excluding hydrogens is 257 g/mol.